The Morgan fingerprint density at radius 3 is 2.44 bits per heavy atom. The van der Waals surface area contributed by atoms with E-state index in [1.807, 2.05) is 35.2 Å². The number of piperidine rings is 1. The summed E-state index contributed by atoms with van der Waals surface area (Å²) < 4.78 is 5.32. The van der Waals surface area contributed by atoms with E-state index in [1.54, 1.807) is 41.1 Å². The maximum atomic E-state index is 12.8. The molecule has 4 N–H and O–H groups in total. The zero-order valence-corrected chi connectivity index (χ0v) is 22.8. The third-order valence-electron chi connectivity index (χ3n) is 7.08. The molecule has 3 heterocycles. The molecule has 0 spiro atoms. The molecule has 41 heavy (non-hydrogen) atoms. The molecule has 0 aliphatic carbocycles. The second-order valence-corrected chi connectivity index (χ2v) is 9.91. The number of nitrogens with zero attached hydrogens (tertiary/aromatic N) is 6. The molecule has 2 aliphatic rings. The lowest BCUT2D eigenvalue weighted by atomic mass is 10.1. The number of benzene rings is 2. The summed E-state index contributed by atoms with van der Waals surface area (Å²) in [6.07, 6.45) is 1.61. The molecule has 13 nitrogen and oxygen atoms in total. The van der Waals surface area contributed by atoms with E-state index in [9.17, 15) is 14.4 Å². The molecule has 214 valence electrons. The van der Waals surface area contributed by atoms with E-state index in [0.717, 1.165) is 18.5 Å². The van der Waals surface area contributed by atoms with Crippen molar-refractivity contribution in [3.05, 3.63) is 65.9 Å². The van der Waals surface area contributed by atoms with Crippen molar-refractivity contribution >= 4 is 41.0 Å². The van der Waals surface area contributed by atoms with Gasteiger partial charge in [-0.15, -0.1) is 10.2 Å². The van der Waals surface area contributed by atoms with Crippen LogP contribution in [0.15, 0.2) is 54.6 Å². The summed E-state index contributed by atoms with van der Waals surface area (Å²) in [5.74, 6) is -0.368. The lowest BCUT2D eigenvalue weighted by Gasteiger charge is -2.34. The van der Waals surface area contributed by atoms with Crippen LogP contribution in [0.25, 0.3) is 0 Å². The van der Waals surface area contributed by atoms with Crippen molar-refractivity contribution in [2.75, 3.05) is 61.6 Å². The summed E-state index contributed by atoms with van der Waals surface area (Å²) in [7, 11) is 1.73. The second kappa shape index (κ2) is 12.6. The number of urea groups is 1. The first-order chi connectivity index (χ1) is 19.9. The van der Waals surface area contributed by atoms with Crippen LogP contribution in [0.3, 0.4) is 0 Å². The molecule has 4 amide bonds. The molecular weight excluding hydrogens is 526 g/mol. The summed E-state index contributed by atoms with van der Waals surface area (Å²) in [5, 5.41) is 14.4. The van der Waals surface area contributed by atoms with Crippen molar-refractivity contribution in [1.29, 1.82) is 0 Å². The third kappa shape index (κ3) is 6.69. The maximum absolute atomic E-state index is 12.8. The Labute approximate surface area is 237 Å². The molecule has 3 aromatic rings. The van der Waals surface area contributed by atoms with Crippen LogP contribution >= 0.6 is 0 Å². The number of para-hydroxylation sites is 1. The standard InChI is InChI=1S/C28H33N9O4/c1-35(22-7-3-2-4-8-22)28(40)31-21-6-5-13-37(18-21)27-32-25(23(24(29)38)33-34-27)30-20-11-9-19(10-12-20)26(39)36-14-16-41-17-15-36/h2-4,7-12,21H,5-6,13-18H2,1H3,(H2,29,38)(H,31,40)(H,30,32,34). The summed E-state index contributed by atoms with van der Waals surface area (Å²) in [6.45, 7) is 3.31. The molecule has 1 unspecified atom stereocenters. The number of morpholine rings is 1. The number of hydrogen-bond donors (Lipinski definition) is 3. The molecule has 13 heteroatoms. The predicted octanol–water partition coefficient (Wildman–Crippen LogP) is 2.00. The average Bonchev–Trinajstić information content (AvgIpc) is 3.01. The van der Waals surface area contributed by atoms with Crippen molar-refractivity contribution < 1.29 is 19.1 Å². The van der Waals surface area contributed by atoms with Crippen LogP contribution in [0.1, 0.15) is 33.7 Å². The fourth-order valence-electron chi connectivity index (χ4n) is 4.80. The van der Waals surface area contributed by atoms with Gasteiger partial charge in [0.15, 0.2) is 11.5 Å². The Balaban J connectivity index is 1.27. The molecule has 2 fully saturated rings. The Kier molecular flexibility index (Phi) is 8.53. The number of amides is 4. The van der Waals surface area contributed by atoms with Gasteiger partial charge in [0.25, 0.3) is 11.8 Å². The van der Waals surface area contributed by atoms with Crippen LogP contribution in [0.2, 0.25) is 0 Å². The first kappa shape index (κ1) is 27.8. The summed E-state index contributed by atoms with van der Waals surface area (Å²) in [6, 6.07) is 16.0. The number of ether oxygens (including phenoxy) is 1. The Bertz CT molecular complexity index is 1380. The number of primary amides is 1. The van der Waals surface area contributed by atoms with Crippen LogP contribution in [0, 0.1) is 0 Å². The normalized spacial score (nSPS) is 17.0. The van der Waals surface area contributed by atoms with Crippen LogP contribution in [-0.2, 0) is 4.74 Å². The fraction of sp³-hybridized carbons (Fsp3) is 0.357. The van der Waals surface area contributed by atoms with E-state index in [4.69, 9.17) is 10.5 Å². The number of rotatable bonds is 7. The van der Waals surface area contributed by atoms with E-state index in [1.165, 1.54) is 0 Å². The molecule has 0 bridgehead atoms. The Hall–Kier alpha value is -4.78. The van der Waals surface area contributed by atoms with Gasteiger partial charge in [-0.05, 0) is 49.2 Å². The van der Waals surface area contributed by atoms with E-state index >= 15 is 0 Å². The highest BCUT2D eigenvalue weighted by atomic mass is 16.5. The third-order valence-corrected chi connectivity index (χ3v) is 7.08. The van der Waals surface area contributed by atoms with Crippen LogP contribution in [0.4, 0.5) is 27.9 Å². The van der Waals surface area contributed by atoms with Crippen molar-refractivity contribution in [2.24, 2.45) is 5.73 Å². The number of carbonyl (C=O) groups is 3. The number of aromatic nitrogens is 3. The van der Waals surface area contributed by atoms with Gasteiger partial charge in [0.05, 0.1) is 13.2 Å². The fourth-order valence-corrected chi connectivity index (χ4v) is 4.80. The van der Waals surface area contributed by atoms with Crippen LogP contribution in [-0.4, -0.2) is 90.4 Å². The molecule has 2 aromatic carbocycles. The highest BCUT2D eigenvalue weighted by Crippen LogP contribution is 2.23. The minimum Gasteiger partial charge on any atom is -0.378 e. The van der Waals surface area contributed by atoms with Gasteiger partial charge in [0.1, 0.15) is 0 Å². The maximum Gasteiger partial charge on any atom is 0.321 e. The molecule has 5 rings (SSSR count). The predicted molar refractivity (Wildman–Crippen MR) is 153 cm³/mol. The topological polar surface area (TPSA) is 159 Å². The SMILES string of the molecule is CN(C(=O)NC1CCCN(c2nnc(C(N)=O)c(Nc3ccc(C(=O)N4CCOCC4)cc3)n2)C1)c1ccccc1. The van der Waals surface area contributed by atoms with E-state index in [-0.39, 0.29) is 29.5 Å². The first-order valence-electron chi connectivity index (χ1n) is 13.5. The van der Waals surface area contributed by atoms with Crippen molar-refractivity contribution in [2.45, 2.75) is 18.9 Å². The van der Waals surface area contributed by atoms with E-state index in [0.29, 0.717) is 56.6 Å². The number of nitrogens with two attached hydrogens (primary N) is 1. The zero-order valence-electron chi connectivity index (χ0n) is 22.8. The van der Waals surface area contributed by atoms with Crippen molar-refractivity contribution in [1.82, 2.24) is 25.4 Å². The highest BCUT2D eigenvalue weighted by molar-refractivity contribution is 5.97. The number of anilines is 4. The number of hydrogen-bond acceptors (Lipinski definition) is 9. The van der Waals surface area contributed by atoms with Gasteiger partial charge in [-0.25, -0.2) is 4.79 Å². The van der Waals surface area contributed by atoms with Gasteiger partial charge < -0.3 is 30.9 Å². The minimum atomic E-state index is -0.772. The van der Waals surface area contributed by atoms with Crippen LogP contribution < -0.4 is 26.2 Å². The lowest BCUT2D eigenvalue weighted by molar-refractivity contribution is 0.0303. The molecule has 1 atom stereocenters. The number of carbonyl (C=O) groups excluding carboxylic acids is 3. The van der Waals surface area contributed by atoms with Gasteiger partial charge in [-0.1, -0.05) is 18.2 Å². The Morgan fingerprint density at radius 1 is 1.00 bits per heavy atom. The summed E-state index contributed by atoms with van der Waals surface area (Å²) in [4.78, 5) is 47.5. The smallest absolute Gasteiger partial charge is 0.321 e. The van der Waals surface area contributed by atoms with E-state index < -0.39 is 5.91 Å². The van der Waals surface area contributed by atoms with Crippen molar-refractivity contribution in [3.63, 3.8) is 0 Å². The monoisotopic (exact) mass is 559 g/mol. The van der Waals surface area contributed by atoms with Gasteiger partial charge in [-0.3, -0.25) is 14.5 Å². The number of nitrogens with one attached hydrogen (secondary N) is 2. The van der Waals surface area contributed by atoms with Gasteiger partial charge in [0, 0.05) is 56.2 Å². The molecule has 0 radical (unpaired) electrons. The first-order valence-corrected chi connectivity index (χ1v) is 13.5. The van der Waals surface area contributed by atoms with Gasteiger partial charge in [0.2, 0.25) is 5.95 Å². The van der Waals surface area contributed by atoms with Crippen LogP contribution in [0.5, 0.6) is 0 Å². The molecule has 0 saturated carbocycles. The molecule has 2 saturated heterocycles. The zero-order chi connectivity index (χ0) is 28.8. The van der Waals surface area contributed by atoms with Crippen molar-refractivity contribution in [3.8, 4) is 0 Å². The quantitative estimate of drug-likeness (QED) is 0.394. The summed E-state index contributed by atoms with van der Waals surface area (Å²) in [5.41, 5.74) is 7.39. The molecule has 2 aliphatic heterocycles. The minimum absolute atomic E-state index is 0.0645. The van der Waals surface area contributed by atoms with Gasteiger partial charge in [-0.2, -0.15) is 4.98 Å². The second-order valence-electron chi connectivity index (χ2n) is 9.91. The highest BCUT2D eigenvalue weighted by Gasteiger charge is 2.26. The van der Waals surface area contributed by atoms with E-state index in [2.05, 4.69) is 25.8 Å². The average molecular weight is 560 g/mol. The Morgan fingerprint density at radius 2 is 1.73 bits per heavy atom. The lowest BCUT2D eigenvalue weighted by Crippen LogP contribution is -2.51. The molecule has 1 aromatic heterocycles. The summed E-state index contributed by atoms with van der Waals surface area (Å²) >= 11 is 0. The molecular formula is C28H33N9O4. The largest absolute Gasteiger partial charge is 0.378 e. The van der Waals surface area contributed by atoms with Gasteiger partial charge >= 0.3 is 6.03 Å².